The van der Waals surface area contributed by atoms with Crippen molar-refractivity contribution in [2.75, 3.05) is 0 Å². The van der Waals surface area contributed by atoms with Gasteiger partial charge in [0.15, 0.2) is 5.82 Å². The maximum Gasteiger partial charge on any atom is 0.173 e. The molecule has 0 unspecified atom stereocenters. The highest BCUT2D eigenvalue weighted by Crippen LogP contribution is 2.34. The molecule has 6 heteroatoms. The Kier molecular flexibility index (Phi) is 4.17. The first-order valence-electron chi connectivity index (χ1n) is 6.52. The Morgan fingerprint density at radius 1 is 1.18 bits per heavy atom. The molecule has 0 spiro atoms. The van der Waals surface area contributed by atoms with Gasteiger partial charge in [-0.2, -0.15) is 0 Å². The lowest BCUT2D eigenvalue weighted by Gasteiger charge is -2.02. The number of nitrogens with zero attached hydrogens (tertiary/aromatic N) is 2. The number of thiophene rings is 1. The maximum absolute atomic E-state index is 12.9. The third-order valence-electron chi connectivity index (χ3n) is 3.36. The molecule has 0 saturated heterocycles. The zero-order chi connectivity index (χ0) is 15.9. The molecule has 2 nitrogen and oxygen atoms in total. The van der Waals surface area contributed by atoms with E-state index in [0.29, 0.717) is 16.0 Å². The molecule has 3 rings (SSSR count). The Labute approximate surface area is 141 Å². The molecule has 0 aliphatic rings. The zero-order valence-corrected chi connectivity index (χ0v) is 14.2. The molecule has 22 heavy (non-hydrogen) atoms. The molecule has 0 aliphatic carbocycles. The molecule has 2 aromatic heterocycles. The van der Waals surface area contributed by atoms with Crippen molar-refractivity contribution < 1.29 is 4.39 Å². The van der Waals surface area contributed by atoms with E-state index in [2.05, 4.69) is 9.97 Å². The minimum absolute atomic E-state index is 0.293. The molecular weight excluding hydrogens is 342 g/mol. The minimum Gasteiger partial charge on any atom is -0.216 e. The summed E-state index contributed by atoms with van der Waals surface area (Å²) in [5, 5.41) is 1.63. The van der Waals surface area contributed by atoms with Crippen molar-refractivity contribution in [2.45, 2.75) is 13.8 Å². The fraction of sp³-hybridized carbons (Fsp3) is 0.125. The largest absolute Gasteiger partial charge is 0.216 e. The van der Waals surface area contributed by atoms with Crippen LogP contribution < -0.4 is 0 Å². The molecule has 0 amide bonds. The standard InChI is InChI=1S/C16H11Cl2FN2S/c1-8-9(2)22-16-13(8)14(18)20-15(21-16)12(17)7-10-3-5-11(19)6-4-10/h3-7H,1-2H3. The van der Waals surface area contributed by atoms with Gasteiger partial charge in [0.1, 0.15) is 15.8 Å². The second-order valence-electron chi connectivity index (χ2n) is 4.85. The van der Waals surface area contributed by atoms with Crippen LogP contribution in [-0.4, -0.2) is 9.97 Å². The molecule has 0 atom stereocenters. The highest BCUT2D eigenvalue weighted by Gasteiger charge is 2.14. The van der Waals surface area contributed by atoms with Crippen LogP contribution in [0, 0.1) is 19.7 Å². The van der Waals surface area contributed by atoms with E-state index in [0.717, 1.165) is 26.2 Å². The Bertz CT molecular complexity index is 885. The van der Waals surface area contributed by atoms with Crippen LogP contribution >= 0.6 is 34.5 Å². The summed E-state index contributed by atoms with van der Waals surface area (Å²) in [6.07, 6.45) is 1.69. The average molecular weight is 353 g/mol. The number of aromatic nitrogens is 2. The van der Waals surface area contributed by atoms with Crippen LogP contribution in [0.5, 0.6) is 0 Å². The van der Waals surface area contributed by atoms with Crippen molar-refractivity contribution in [1.82, 2.24) is 9.97 Å². The van der Waals surface area contributed by atoms with Crippen molar-refractivity contribution in [3.05, 3.63) is 57.1 Å². The predicted octanol–water partition coefficient (Wildman–Crippen LogP) is 5.84. The Morgan fingerprint density at radius 2 is 1.86 bits per heavy atom. The van der Waals surface area contributed by atoms with E-state index in [1.165, 1.54) is 12.1 Å². The van der Waals surface area contributed by atoms with E-state index in [9.17, 15) is 4.39 Å². The molecule has 112 valence electrons. The van der Waals surface area contributed by atoms with Gasteiger partial charge in [-0.15, -0.1) is 11.3 Å². The van der Waals surface area contributed by atoms with Crippen molar-refractivity contribution in [3.8, 4) is 0 Å². The van der Waals surface area contributed by atoms with E-state index in [1.807, 2.05) is 13.8 Å². The van der Waals surface area contributed by atoms with Crippen LogP contribution in [0.1, 0.15) is 21.8 Å². The molecule has 0 aliphatic heterocycles. The Morgan fingerprint density at radius 3 is 2.55 bits per heavy atom. The summed E-state index contributed by atoms with van der Waals surface area (Å²) in [5.74, 6) is 0.0725. The second kappa shape index (κ2) is 5.95. The number of halogens is 3. The highest BCUT2D eigenvalue weighted by molar-refractivity contribution is 7.18. The Balaban J connectivity index is 2.07. The van der Waals surface area contributed by atoms with Crippen LogP contribution in [0.15, 0.2) is 24.3 Å². The summed E-state index contributed by atoms with van der Waals surface area (Å²) < 4.78 is 12.9. The lowest BCUT2D eigenvalue weighted by Crippen LogP contribution is -1.92. The summed E-state index contributed by atoms with van der Waals surface area (Å²) in [7, 11) is 0. The molecule has 0 bridgehead atoms. The zero-order valence-electron chi connectivity index (χ0n) is 11.8. The van der Waals surface area contributed by atoms with Crippen LogP contribution in [0.2, 0.25) is 5.15 Å². The van der Waals surface area contributed by atoms with Gasteiger partial charge in [-0.25, -0.2) is 14.4 Å². The first kappa shape index (κ1) is 15.4. The minimum atomic E-state index is -0.293. The van der Waals surface area contributed by atoms with Gasteiger partial charge in [0.25, 0.3) is 0 Å². The maximum atomic E-state index is 12.9. The SMILES string of the molecule is Cc1sc2nc(C(Cl)=Cc3ccc(F)cc3)nc(Cl)c2c1C. The summed E-state index contributed by atoms with van der Waals surface area (Å²) in [6.45, 7) is 4.02. The number of fused-ring (bicyclic) bond motifs is 1. The van der Waals surface area contributed by atoms with Gasteiger partial charge in [-0.3, -0.25) is 0 Å². The molecule has 0 N–H and O–H groups in total. The summed E-state index contributed by atoms with van der Waals surface area (Å²) >= 11 is 14.1. The predicted molar refractivity (Wildman–Crippen MR) is 92.0 cm³/mol. The third-order valence-corrected chi connectivity index (χ3v) is 5.01. The number of benzene rings is 1. The van der Waals surface area contributed by atoms with E-state index >= 15 is 0 Å². The lowest BCUT2D eigenvalue weighted by atomic mass is 10.2. The highest BCUT2D eigenvalue weighted by atomic mass is 35.5. The van der Waals surface area contributed by atoms with Gasteiger partial charge in [0.05, 0.1) is 10.4 Å². The Hall–Kier alpha value is -1.49. The quantitative estimate of drug-likeness (QED) is 0.541. The summed E-state index contributed by atoms with van der Waals surface area (Å²) in [4.78, 5) is 10.7. The van der Waals surface area contributed by atoms with Crippen molar-refractivity contribution >= 4 is 55.9 Å². The van der Waals surface area contributed by atoms with E-state index in [-0.39, 0.29) is 5.82 Å². The van der Waals surface area contributed by atoms with Crippen LogP contribution in [0.3, 0.4) is 0 Å². The molecule has 0 fully saturated rings. The smallest absolute Gasteiger partial charge is 0.173 e. The van der Waals surface area contributed by atoms with Gasteiger partial charge < -0.3 is 0 Å². The van der Waals surface area contributed by atoms with Gasteiger partial charge >= 0.3 is 0 Å². The molecule has 2 heterocycles. The molecule has 0 radical (unpaired) electrons. The monoisotopic (exact) mass is 352 g/mol. The van der Waals surface area contributed by atoms with Crippen molar-refractivity contribution in [1.29, 1.82) is 0 Å². The number of rotatable bonds is 2. The van der Waals surface area contributed by atoms with Gasteiger partial charge in [0, 0.05) is 4.88 Å². The second-order valence-corrected chi connectivity index (χ2v) is 6.81. The molecule has 3 aromatic rings. The lowest BCUT2D eigenvalue weighted by molar-refractivity contribution is 0.628. The molecule has 1 aromatic carbocycles. The van der Waals surface area contributed by atoms with E-state index in [1.54, 1.807) is 29.5 Å². The van der Waals surface area contributed by atoms with Crippen molar-refractivity contribution in [3.63, 3.8) is 0 Å². The van der Waals surface area contributed by atoms with E-state index < -0.39 is 0 Å². The first-order chi connectivity index (χ1) is 10.5. The van der Waals surface area contributed by atoms with Gasteiger partial charge in [-0.05, 0) is 43.2 Å². The third kappa shape index (κ3) is 2.86. The van der Waals surface area contributed by atoms with Gasteiger partial charge in [0.2, 0.25) is 0 Å². The number of hydrogen-bond donors (Lipinski definition) is 0. The first-order valence-corrected chi connectivity index (χ1v) is 8.09. The van der Waals surface area contributed by atoms with Crippen molar-refractivity contribution in [2.24, 2.45) is 0 Å². The van der Waals surface area contributed by atoms with E-state index in [4.69, 9.17) is 23.2 Å². The molecular formula is C16H11Cl2FN2S. The van der Waals surface area contributed by atoms with Gasteiger partial charge in [-0.1, -0.05) is 35.3 Å². The summed E-state index contributed by atoms with van der Waals surface area (Å²) in [5.41, 5.74) is 1.86. The molecule has 0 saturated carbocycles. The average Bonchev–Trinajstić information content (AvgIpc) is 2.77. The summed E-state index contributed by atoms with van der Waals surface area (Å²) in [6, 6.07) is 6.02. The number of aryl methyl sites for hydroxylation is 2. The number of hydrogen-bond acceptors (Lipinski definition) is 3. The topological polar surface area (TPSA) is 25.8 Å². The van der Waals surface area contributed by atoms with Crippen LogP contribution in [-0.2, 0) is 0 Å². The normalized spacial score (nSPS) is 12.1. The van der Waals surface area contributed by atoms with Crippen LogP contribution in [0.4, 0.5) is 4.39 Å². The fourth-order valence-corrected chi connectivity index (χ4v) is 3.68. The van der Waals surface area contributed by atoms with Crippen LogP contribution in [0.25, 0.3) is 21.3 Å². The fourth-order valence-electron chi connectivity index (χ4n) is 2.08.